The van der Waals surface area contributed by atoms with E-state index in [0.29, 0.717) is 24.1 Å². The van der Waals surface area contributed by atoms with E-state index in [4.69, 9.17) is 4.74 Å². The number of nitrogens with one attached hydrogen (secondary N) is 2. The molecule has 0 bridgehead atoms. The minimum Gasteiger partial charge on any atom is -0.469 e. The van der Waals surface area contributed by atoms with Gasteiger partial charge in [0.05, 0.1) is 24.5 Å². The number of nitrogens with zero attached hydrogens (tertiary/aromatic N) is 2. The Kier molecular flexibility index (Phi) is 7.83. The summed E-state index contributed by atoms with van der Waals surface area (Å²) in [5, 5.41) is 10.4. The third-order valence-electron chi connectivity index (χ3n) is 5.68. The number of hydrogen-bond donors (Lipinski definition) is 2. The van der Waals surface area contributed by atoms with Gasteiger partial charge in [0.25, 0.3) is 5.91 Å². The van der Waals surface area contributed by atoms with Crippen LogP contribution in [0.4, 0.5) is 5.69 Å². The highest BCUT2D eigenvalue weighted by Gasteiger charge is 2.16. The summed E-state index contributed by atoms with van der Waals surface area (Å²) in [6.07, 6.45) is 0.862. The lowest BCUT2D eigenvalue weighted by Gasteiger charge is -2.16. The van der Waals surface area contributed by atoms with Crippen molar-refractivity contribution in [3.05, 3.63) is 76.6 Å². The van der Waals surface area contributed by atoms with Crippen LogP contribution in [-0.4, -0.2) is 34.7 Å². The lowest BCUT2D eigenvalue weighted by atomic mass is 10.1. The Balaban J connectivity index is 1.70. The maximum absolute atomic E-state index is 12.8. The third kappa shape index (κ3) is 5.89. The SMILES string of the molecule is COC(=O)CCc1c(C)nn(-c2ccc(C(=O)NC(C)c3cccc(NC(C)=O)c3)cc2)c1C. The number of carbonyl (C=O) groups is 3. The molecule has 8 nitrogen and oxygen atoms in total. The van der Waals surface area contributed by atoms with Crippen molar-refractivity contribution in [3.8, 4) is 5.69 Å². The molecule has 3 rings (SSSR count). The van der Waals surface area contributed by atoms with E-state index < -0.39 is 0 Å². The average Bonchev–Trinajstić information content (AvgIpc) is 3.10. The third-order valence-corrected chi connectivity index (χ3v) is 5.68. The predicted molar refractivity (Wildman–Crippen MR) is 130 cm³/mol. The molecule has 178 valence electrons. The number of rotatable bonds is 8. The molecule has 1 heterocycles. The van der Waals surface area contributed by atoms with Crippen molar-refractivity contribution in [1.29, 1.82) is 0 Å². The lowest BCUT2D eigenvalue weighted by molar-refractivity contribution is -0.140. The number of ether oxygens (including phenoxy) is 1. The zero-order valence-corrected chi connectivity index (χ0v) is 20.1. The van der Waals surface area contributed by atoms with Gasteiger partial charge in [0.2, 0.25) is 5.91 Å². The number of aryl methyl sites for hydroxylation is 1. The van der Waals surface area contributed by atoms with Gasteiger partial charge in [0, 0.05) is 30.3 Å². The van der Waals surface area contributed by atoms with Crippen LogP contribution in [0.3, 0.4) is 0 Å². The Morgan fingerprint density at radius 3 is 2.44 bits per heavy atom. The van der Waals surface area contributed by atoms with Crippen molar-refractivity contribution in [2.75, 3.05) is 12.4 Å². The molecule has 3 aromatic rings. The fourth-order valence-corrected chi connectivity index (χ4v) is 3.82. The lowest BCUT2D eigenvalue weighted by Crippen LogP contribution is -2.26. The molecule has 0 spiro atoms. The van der Waals surface area contributed by atoms with Gasteiger partial charge in [-0.05, 0) is 74.7 Å². The van der Waals surface area contributed by atoms with E-state index in [1.807, 2.05) is 55.8 Å². The molecule has 2 aromatic carbocycles. The van der Waals surface area contributed by atoms with Gasteiger partial charge in [-0.2, -0.15) is 5.10 Å². The maximum atomic E-state index is 12.8. The second-order valence-electron chi connectivity index (χ2n) is 8.19. The molecule has 1 atom stereocenters. The van der Waals surface area contributed by atoms with Crippen molar-refractivity contribution >= 4 is 23.5 Å². The summed E-state index contributed by atoms with van der Waals surface area (Å²) in [6, 6.07) is 14.4. The summed E-state index contributed by atoms with van der Waals surface area (Å²) in [4.78, 5) is 35.6. The Morgan fingerprint density at radius 1 is 1.09 bits per heavy atom. The summed E-state index contributed by atoms with van der Waals surface area (Å²) in [6.45, 7) is 7.23. The van der Waals surface area contributed by atoms with Crippen LogP contribution in [0.15, 0.2) is 48.5 Å². The largest absolute Gasteiger partial charge is 0.469 e. The first-order valence-electron chi connectivity index (χ1n) is 11.1. The fraction of sp³-hybridized carbons (Fsp3) is 0.308. The standard InChI is InChI=1S/C26H30N4O4/c1-16(21-7-6-8-22(15-21)28-19(4)31)27-26(33)20-9-11-23(12-10-20)30-18(3)24(17(2)29-30)13-14-25(32)34-5/h6-12,15-16H,13-14H2,1-5H3,(H,27,33)(H,28,31). The smallest absolute Gasteiger partial charge is 0.305 e. The number of esters is 1. The molecule has 0 aliphatic heterocycles. The van der Waals surface area contributed by atoms with E-state index in [1.54, 1.807) is 18.2 Å². The molecule has 1 aromatic heterocycles. The van der Waals surface area contributed by atoms with Crippen molar-refractivity contribution in [2.24, 2.45) is 0 Å². The highest BCUT2D eigenvalue weighted by molar-refractivity contribution is 5.94. The first-order valence-corrected chi connectivity index (χ1v) is 11.1. The Labute approximate surface area is 199 Å². The number of anilines is 1. The van der Waals surface area contributed by atoms with Gasteiger partial charge < -0.3 is 15.4 Å². The first-order chi connectivity index (χ1) is 16.2. The van der Waals surface area contributed by atoms with E-state index in [2.05, 4.69) is 15.7 Å². The van der Waals surface area contributed by atoms with Crippen LogP contribution in [0.5, 0.6) is 0 Å². The number of benzene rings is 2. The molecule has 1 unspecified atom stereocenters. The van der Waals surface area contributed by atoms with Gasteiger partial charge in [-0.3, -0.25) is 14.4 Å². The van der Waals surface area contributed by atoms with Crippen molar-refractivity contribution in [3.63, 3.8) is 0 Å². The second kappa shape index (κ2) is 10.8. The minimum atomic E-state index is -0.252. The minimum absolute atomic E-state index is 0.146. The fourth-order valence-electron chi connectivity index (χ4n) is 3.82. The Morgan fingerprint density at radius 2 is 1.79 bits per heavy atom. The molecule has 0 radical (unpaired) electrons. The van der Waals surface area contributed by atoms with E-state index in [1.165, 1.54) is 14.0 Å². The van der Waals surface area contributed by atoms with Crippen molar-refractivity contribution < 1.29 is 19.1 Å². The highest BCUT2D eigenvalue weighted by atomic mass is 16.5. The summed E-state index contributed by atoms with van der Waals surface area (Å²) < 4.78 is 6.55. The van der Waals surface area contributed by atoms with E-state index >= 15 is 0 Å². The van der Waals surface area contributed by atoms with Gasteiger partial charge in [0.1, 0.15) is 0 Å². The summed E-state index contributed by atoms with van der Waals surface area (Å²) >= 11 is 0. The molecular weight excluding hydrogens is 432 g/mol. The van der Waals surface area contributed by atoms with Crippen molar-refractivity contribution in [1.82, 2.24) is 15.1 Å². The maximum Gasteiger partial charge on any atom is 0.305 e. The summed E-state index contributed by atoms with van der Waals surface area (Å²) in [7, 11) is 1.38. The molecule has 0 fully saturated rings. The number of aromatic nitrogens is 2. The quantitative estimate of drug-likeness (QED) is 0.492. The van der Waals surface area contributed by atoms with Crippen LogP contribution >= 0.6 is 0 Å². The molecule has 8 heteroatoms. The second-order valence-corrected chi connectivity index (χ2v) is 8.19. The van der Waals surface area contributed by atoms with Crippen LogP contribution in [0.25, 0.3) is 5.69 Å². The number of amides is 2. The predicted octanol–water partition coefficient (Wildman–Crippen LogP) is 4.04. The molecule has 2 N–H and O–H groups in total. The molecule has 0 aliphatic carbocycles. The van der Waals surface area contributed by atoms with Crippen molar-refractivity contribution in [2.45, 2.75) is 46.6 Å². The van der Waals surface area contributed by atoms with Crippen LogP contribution in [0.1, 0.15) is 59.2 Å². The highest BCUT2D eigenvalue weighted by Crippen LogP contribution is 2.21. The van der Waals surface area contributed by atoms with Crippen LogP contribution in [0.2, 0.25) is 0 Å². The van der Waals surface area contributed by atoms with Gasteiger partial charge >= 0.3 is 5.97 Å². The molecule has 0 saturated carbocycles. The average molecular weight is 463 g/mol. The number of hydrogen-bond acceptors (Lipinski definition) is 5. The van der Waals surface area contributed by atoms with Crippen LogP contribution in [-0.2, 0) is 20.7 Å². The molecule has 0 aliphatic rings. The molecular formula is C26H30N4O4. The number of carbonyl (C=O) groups excluding carboxylic acids is 3. The Bertz CT molecular complexity index is 1200. The Hall–Kier alpha value is -3.94. The normalized spacial score (nSPS) is 11.6. The van der Waals surface area contributed by atoms with Crippen LogP contribution < -0.4 is 10.6 Å². The zero-order valence-electron chi connectivity index (χ0n) is 20.1. The van der Waals surface area contributed by atoms with Gasteiger partial charge in [-0.25, -0.2) is 4.68 Å². The first kappa shape index (κ1) is 24.7. The van der Waals surface area contributed by atoms with E-state index in [9.17, 15) is 14.4 Å². The van der Waals surface area contributed by atoms with E-state index in [-0.39, 0.29) is 23.8 Å². The topological polar surface area (TPSA) is 102 Å². The van der Waals surface area contributed by atoms with Gasteiger partial charge in [0.15, 0.2) is 0 Å². The summed E-state index contributed by atoms with van der Waals surface area (Å²) in [5.74, 6) is -0.596. The zero-order chi connectivity index (χ0) is 24.8. The monoisotopic (exact) mass is 462 g/mol. The van der Waals surface area contributed by atoms with Gasteiger partial charge in [-0.1, -0.05) is 12.1 Å². The molecule has 2 amide bonds. The molecule has 0 saturated heterocycles. The van der Waals surface area contributed by atoms with Crippen LogP contribution in [0, 0.1) is 13.8 Å². The summed E-state index contributed by atoms with van der Waals surface area (Å²) in [5.41, 5.74) is 5.76. The van der Waals surface area contributed by atoms with Gasteiger partial charge in [-0.15, -0.1) is 0 Å². The molecule has 34 heavy (non-hydrogen) atoms. The number of methoxy groups -OCH3 is 1. The van der Waals surface area contributed by atoms with E-state index in [0.717, 1.165) is 28.2 Å².